The summed E-state index contributed by atoms with van der Waals surface area (Å²) >= 11 is 2.85. The fraction of sp³-hybridized carbons (Fsp3) is 0.111. The number of carbonyl (C=O) groups is 2. The van der Waals surface area contributed by atoms with Gasteiger partial charge in [-0.15, -0.1) is 23.1 Å². The molecule has 0 bridgehead atoms. The van der Waals surface area contributed by atoms with Crippen LogP contribution in [0.15, 0.2) is 58.0 Å². The van der Waals surface area contributed by atoms with Gasteiger partial charge in [0.15, 0.2) is 5.76 Å². The molecule has 0 saturated heterocycles. The van der Waals surface area contributed by atoms with Crippen LogP contribution in [-0.2, 0) is 0 Å². The number of amides is 2. The molecule has 3 rings (SSSR count). The SMILES string of the molecule is CSc1cccc(NC(=O)c2sc(NC(=O)c3ccco3)cc2C)c1. The number of furan rings is 1. The van der Waals surface area contributed by atoms with E-state index in [2.05, 4.69) is 10.6 Å². The zero-order chi connectivity index (χ0) is 17.8. The molecule has 0 spiro atoms. The Kier molecular flexibility index (Phi) is 5.25. The van der Waals surface area contributed by atoms with Crippen LogP contribution < -0.4 is 10.6 Å². The van der Waals surface area contributed by atoms with Gasteiger partial charge >= 0.3 is 0 Å². The predicted molar refractivity (Wildman–Crippen MR) is 102 cm³/mol. The largest absolute Gasteiger partial charge is 0.459 e. The molecule has 128 valence electrons. The Morgan fingerprint density at radius 2 is 1.92 bits per heavy atom. The molecule has 0 aliphatic rings. The van der Waals surface area contributed by atoms with Crippen molar-refractivity contribution in [3.8, 4) is 0 Å². The summed E-state index contributed by atoms with van der Waals surface area (Å²) in [5.41, 5.74) is 1.55. The Balaban J connectivity index is 1.73. The fourth-order valence-corrected chi connectivity index (χ4v) is 3.66. The molecule has 1 aromatic carbocycles. The van der Waals surface area contributed by atoms with E-state index in [-0.39, 0.29) is 17.6 Å². The third-order valence-electron chi connectivity index (χ3n) is 3.43. The monoisotopic (exact) mass is 372 g/mol. The molecule has 25 heavy (non-hydrogen) atoms. The average Bonchev–Trinajstić information content (AvgIpc) is 3.25. The van der Waals surface area contributed by atoms with Gasteiger partial charge in [-0.25, -0.2) is 0 Å². The molecule has 0 aliphatic carbocycles. The number of thioether (sulfide) groups is 1. The summed E-state index contributed by atoms with van der Waals surface area (Å²) in [6.45, 7) is 1.84. The second kappa shape index (κ2) is 7.58. The number of benzene rings is 1. The molecule has 0 fully saturated rings. The quantitative estimate of drug-likeness (QED) is 0.627. The van der Waals surface area contributed by atoms with Crippen molar-refractivity contribution < 1.29 is 14.0 Å². The van der Waals surface area contributed by atoms with Crippen molar-refractivity contribution in [1.29, 1.82) is 0 Å². The van der Waals surface area contributed by atoms with Crippen molar-refractivity contribution >= 4 is 45.6 Å². The Bertz CT molecular complexity index is 901. The number of nitrogens with one attached hydrogen (secondary N) is 2. The van der Waals surface area contributed by atoms with Crippen LogP contribution in [0.3, 0.4) is 0 Å². The van der Waals surface area contributed by atoms with Crippen molar-refractivity contribution in [1.82, 2.24) is 0 Å². The van der Waals surface area contributed by atoms with Crippen molar-refractivity contribution in [3.05, 3.63) is 64.9 Å². The van der Waals surface area contributed by atoms with E-state index in [0.29, 0.717) is 9.88 Å². The highest BCUT2D eigenvalue weighted by atomic mass is 32.2. The predicted octanol–water partition coefficient (Wildman–Crippen LogP) is 4.88. The van der Waals surface area contributed by atoms with Crippen molar-refractivity contribution in [3.63, 3.8) is 0 Å². The normalized spacial score (nSPS) is 10.5. The Labute approximate surface area is 153 Å². The fourth-order valence-electron chi connectivity index (χ4n) is 2.24. The van der Waals surface area contributed by atoms with E-state index in [0.717, 1.165) is 16.1 Å². The molecular formula is C18H16N2O3S2. The first kappa shape index (κ1) is 17.3. The number of carbonyl (C=O) groups excluding carboxylic acids is 2. The summed E-state index contributed by atoms with van der Waals surface area (Å²) in [7, 11) is 0. The number of thiophene rings is 1. The lowest BCUT2D eigenvalue weighted by Crippen LogP contribution is -2.11. The molecule has 0 radical (unpaired) electrons. The maximum atomic E-state index is 12.5. The average molecular weight is 372 g/mol. The van der Waals surface area contributed by atoms with Gasteiger partial charge in [-0.1, -0.05) is 6.07 Å². The Morgan fingerprint density at radius 1 is 1.08 bits per heavy atom. The number of hydrogen-bond donors (Lipinski definition) is 2. The van der Waals surface area contributed by atoms with E-state index in [9.17, 15) is 9.59 Å². The molecule has 0 unspecified atom stereocenters. The molecule has 5 nitrogen and oxygen atoms in total. The van der Waals surface area contributed by atoms with Crippen molar-refractivity contribution in [2.45, 2.75) is 11.8 Å². The van der Waals surface area contributed by atoms with E-state index in [1.807, 2.05) is 37.4 Å². The molecule has 2 N–H and O–H groups in total. The van der Waals surface area contributed by atoms with Crippen LogP contribution in [0.1, 0.15) is 25.8 Å². The minimum absolute atomic E-state index is 0.195. The summed E-state index contributed by atoms with van der Waals surface area (Å²) in [6, 6.07) is 12.7. The van der Waals surface area contributed by atoms with Gasteiger partial charge in [0.1, 0.15) is 0 Å². The molecule has 0 atom stereocenters. The van der Waals surface area contributed by atoms with Crippen LogP contribution in [0.25, 0.3) is 0 Å². The van der Waals surface area contributed by atoms with E-state index in [4.69, 9.17) is 4.42 Å². The molecular weight excluding hydrogens is 356 g/mol. The summed E-state index contributed by atoms with van der Waals surface area (Å²) in [5, 5.41) is 6.24. The highest BCUT2D eigenvalue weighted by Crippen LogP contribution is 2.28. The van der Waals surface area contributed by atoms with Crippen LogP contribution in [0.5, 0.6) is 0 Å². The first-order chi connectivity index (χ1) is 12.1. The third-order valence-corrected chi connectivity index (χ3v) is 5.31. The van der Waals surface area contributed by atoms with E-state index >= 15 is 0 Å². The number of anilines is 2. The molecule has 3 aromatic rings. The van der Waals surface area contributed by atoms with Gasteiger partial charge in [-0.05, 0) is 55.1 Å². The van der Waals surface area contributed by atoms with Crippen LogP contribution in [0.4, 0.5) is 10.7 Å². The van der Waals surface area contributed by atoms with E-state index in [1.54, 1.807) is 30.0 Å². The smallest absolute Gasteiger partial charge is 0.291 e. The lowest BCUT2D eigenvalue weighted by Gasteiger charge is -2.06. The first-order valence-electron chi connectivity index (χ1n) is 7.47. The van der Waals surface area contributed by atoms with Gasteiger partial charge in [-0.2, -0.15) is 0 Å². The maximum absolute atomic E-state index is 12.5. The minimum Gasteiger partial charge on any atom is -0.459 e. The van der Waals surface area contributed by atoms with Gasteiger partial charge in [0, 0.05) is 10.6 Å². The van der Waals surface area contributed by atoms with E-state index < -0.39 is 0 Å². The first-order valence-corrected chi connectivity index (χ1v) is 9.51. The summed E-state index contributed by atoms with van der Waals surface area (Å²) < 4.78 is 5.06. The second-order valence-electron chi connectivity index (χ2n) is 5.24. The second-order valence-corrected chi connectivity index (χ2v) is 7.17. The van der Waals surface area contributed by atoms with Crippen molar-refractivity contribution in [2.24, 2.45) is 0 Å². The molecule has 7 heteroatoms. The molecule has 2 heterocycles. The van der Waals surface area contributed by atoms with Gasteiger partial charge in [0.25, 0.3) is 11.8 Å². The van der Waals surface area contributed by atoms with Crippen LogP contribution in [0, 0.1) is 6.92 Å². The standard InChI is InChI=1S/C18H16N2O3S2/c1-11-9-15(20-17(21)14-7-4-8-23-14)25-16(11)18(22)19-12-5-3-6-13(10-12)24-2/h3-10H,1-2H3,(H,19,22)(H,20,21). The zero-order valence-electron chi connectivity index (χ0n) is 13.7. The highest BCUT2D eigenvalue weighted by Gasteiger charge is 2.16. The Hall–Kier alpha value is -2.51. The zero-order valence-corrected chi connectivity index (χ0v) is 15.3. The van der Waals surface area contributed by atoms with Gasteiger partial charge in [0.2, 0.25) is 0 Å². The Morgan fingerprint density at radius 3 is 2.64 bits per heavy atom. The van der Waals surface area contributed by atoms with E-state index in [1.165, 1.54) is 17.6 Å². The topological polar surface area (TPSA) is 71.3 Å². The van der Waals surface area contributed by atoms with Crippen LogP contribution in [0.2, 0.25) is 0 Å². The van der Waals surface area contributed by atoms with Gasteiger partial charge in [-0.3, -0.25) is 9.59 Å². The van der Waals surface area contributed by atoms with Crippen LogP contribution >= 0.6 is 23.1 Å². The number of rotatable bonds is 5. The van der Waals surface area contributed by atoms with Crippen LogP contribution in [-0.4, -0.2) is 18.1 Å². The highest BCUT2D eigenvalue weighted by molar-refractivity contribution is 7.98. The molecule has 0 saturated carbocycles. The molecule has 2 aromatic heterocycles. The minimum atomic E-state index is -0.342. The third kappa shape index (κ3) is 4.12. The van der Waals surface area contributed by atoms with Gasteiger partial charge in [0.05, 0.1) is 16.1 Å². The van der Waals surface area contributed by atoms with Crippen molar-refractivity contribution in [2.75, 3.05) is 16.9 Å². The molecule has 0 aliphatic heterocycles. The van der Waals surface area contributed by atoms with Gasteiger partial charge < -0.3 is 15.1 Å². The summed E-state index contributed by atoms with van der Waals surface area (Å²) in [6.07, 6.45) is 3.43. The lowest BCUT2D eigenvalue weighted by molar-refractivity contribution is 0.0995. The summed E-state index contributed by atoms with van der Waals surface area (Å²) in [5.74, 6) is -0.309. The maximum Gasteiger partial charge on any atom is 0.291 e. The lowest BCUT2D eigenvalue weighted by atomic mass is 10.2. The number of aryl methyl sites for hydroxylation is 1. The number of hydrogen-bond acceptors (Lipinski definition) is 5. The summed E-state index contributed by atoms with van der Waals surface area (Å²) in [4.78, 5) is 26.2. The molecule has 2 amide bonds.